The smallest absolute Gasteiger partial charge is 0.320 e. The number of likely N-dealkylation sites (tertiary alicyclic amines) is 1. The fraction of sp³-hybridized carbons (Fsp3) is 0.529. The normalized spacial score (nSPS) is 18.4. The third-order valence-corrected chi connectivity index (χ3v) is 8.64. The summed E-state index contributed by atoms with van der Waals surface area (Å²) in [5, 5.41) is 0. The highest BCUT2D eigenvalue weighted by Crippen LogP contribution is 2.40. The maximum Gasteiger partial charge on any atom is 0.320 e. The van der Waals surface area contributed by atoms with Crippen LogP contribution in [0.2, 0.25) is 0 Å². The average Bonchev–Trinajstić information content (AvgIpc) is 3.43. The second-order valence-electron chi connectivity index (χ2n) is 12.9. The number of benzene rings is 2. The van der Waals surface area contributed by atoms with Crippen LogP contribution in [0.25, 0.3) is 11.3 Å². The molecule has 2 fully saturated rings. The third kappa shape index (κ3) is 7.63. The summed E-state index contributed by atoms with van der Waals surface area (Å²) in [6, 6.07) is 20.1. The van der Waals surface area contributed by atoms with E-state index in [-0.39, 0.29) is 19.1 Å². The Morgan fingerprint density at radius 1 is 1.02 bits per heavy atom. The van der Waals surface area contributed by atoms with Crippen molar-refractivity contribution < 1.29 is 13.9 Å². The van der Waals surface area contributed by atoms with Crippen LogP contribution in [0, 0.1) is 5.41 Å². The highest BCUT2D eigenvalue weighted by Gasteiger charge is 2.41. The van der Waals surface area contributed by atoms with Crippen molar-refractivity contribution in [1.82, 2.24) is 24.3 Å². The van der Waals surface area contributed by atoms with E-state index in [2.05, 4.69) is 48.6 Å². The number of carbonyl (C=O) groups is 1. The summed E-state index contributed by atoms with van der Waals surface area (Å²) in [6.07, 6.45) is 2.52. The Morgan fingerprint density at radius 2 is 1.65 bits per heavy atom. The SMILES string of the molecule is CC(C)(C)[C@H](c1nc(-c2ccccc2)cn1Cc1ccccc1)N(C[C@H](F)CN)C(=O)N1CCC(N2CCOCC2)CC1. The number of nitrogens with zero attached hydrogens (tertiary/aromatic N) is 5. The number of urea groups is 1. The van der Waals surface area contributed by atoms with Crippen molar-refractivity contribution in [3.8, 4) is 11.3 Å². The van der Waals surface area contributed by atoms with E-state index in [1.165, 1.54) is 0 Å². The van der Waals surface area contributed by atoms with Gasteiger partial charge in [0.15, 0.2) is 0 Å². The molecule has 3 aromatic rings. The minimum absolute atomic E-state index is 0.0838. The van der Waals surface area contributed by atoms with Gasteiger partial charge in [-0.3, -0.25) is 4.90 Å². The van der Waals surface area contributed by atoms with Crippen molar-refractivity contribution in [1.29, 1.82) is 0 Å². The molecule has 2 atom stereocenters. The molecule has 0 unspecified atom stereocenters. The molecule has 0 radical (unpaired) electrons. The number of ether oxygens (including phenoxy) is 1. The highest BCUT2D eigenvalue weighted by atomic mass is 19.1. The summed E-state index contributed by atoms with van der Waals surface area (Å²) in [4.78, 5) is 25.7. The second-order valence-corrected chi connectivity index (χ2v) is 12.9. The highest BCUT2D eigenvalue weighted by molar-refractivity contribution is 5.75. The van der Waals surface area contributed by atoms with Crippen molar-refractivity contribution in [3.63, 3.8) is 0 Å². The molecule has 0 aliphatic carbocycles. The fourth-order valence-electron chi connectivity index (χ4n) is 6.43. The van der Waals surface area contributed by atoms with Gasteiger partial charge in [-0.2, -0.15) is 0 Å². The number of aromatic nitrogens is 2. The van der Waals surface area contributed by atoms with E-state index in [1.807, 2.05) is 53.4 Å². The predicted molar refractivity (Wildman–Crippen MR) is 168 cm³/mol. The molecule has 43 heavy (non-hydrogen) atoms. The van der Waals surface area contributed by atoms with E-state index in [4.69, 9.17) is 15.5 Å². The molecule has 2 N–H and O–H groups in total. The zero-order valence-electron chi connectivity index (χ0n) is 25.9. The van der Waals surface area contributed by atoms with E-state index in [0.717, 1.165) is 61.8 Å². The Labute approximate surface area is 255 Å². The first kappa shape index (κ1) is 31.2. The number of amides is 2. The van der Waals surface area contributed by atoms with Crippen molar-refractivity contribution in [2.75, 3.05) is 52.5 Å². The molecule has 2 saturated heterocycles. The Hall–Kier alpha value is -3.27. The minimum Gasteiger partial charge on any atom is -0.379 e. The first-order chi connectivity index (χ1) is 20.7. The number of rotatable bonds is 9. The lowest BCUT2D eigenvalue weighted by Crippen LogP contribution is -2.55. The van der Waals surface area contributed by atoms with Crippen LogP contribution in [0.5, 0.6) is 0 Å². The lowest BCUT2D eigenvalue weighted by molar-refractivity contribution is 0.000209. The van der Waals surface area contributed by atoms with Gasteiger partial charge in [0, 0.05) is 57.1 Å². The van der Waals surface area contributed by atoms with Gasteiger partial charge in [-0.15, -0.1) is 0 Å². The van der Waals surface area contributed by atoms with Crippen molar-refractivity contribution >= 4 is 6.03 Å². The summed E-state index contributed by atoms with van der Waals surface area (Å²) in [5.74, 6) is 0.746. The van der Waals surface area contributed by atoms with E-state index < -0.39 is 17.6 Å². The fourth-order valence-corrected chi connectivity index (χ4v) is 6.43. The minimum atomic E-state index is -1.34. The second kappa shape index (κ2) is 14.0. The van der Waals surface area contributed by atoms with Crippen LogP contribution in [0.4, 0.5) is 9.18 Å². The molecular weight excluding hydrogens is 543 g/mol. The van der Waals surface area contributed by atoms with Gasteiger partial charge in [0.2, 0.25) is 0 Å². The molecule has 0 spiro atoms. The maximum absolute atomic E-state index is 15.2. The van der Waals surface area contributed by atoms with Gasteiger partial charge in [-0.1, -0.05) is 81.4 Å². The number of piperidine rings is 1. The van der Waals surface area contributed by atoms with Gasteiger partial charge in [-0.25, -0.2) is 14.2 Å². The van der Waals surface area contributed by atoms with Crippen LogP contribution in [0.3, 0.4) is 0 Å². The molecule has 2 aliphatic heterocycles. The zero-order valence-corrected chi connectivity index (χ0v) is 25.9. The van der Waals surface area contributed by atoms with Crippen LogP contribution >= 0.6 is 0 Å². The third-order valence-electron chi connectivity index (χ3n) is 8.64. The summed E-state index contributed by atoms with van der Waals surface area (Å²) in [5.41, 5.74) is 8.31. The lowest BCUT2D eigenvalue weighted by Gasteiger charge is -2.45. The van der Waals surface area contributed by atoms with Crippen LogP contribution in [0.15, 0.2) is 66.9 Å². The van der Waals surface area contributed by atoms with Crippen molar-refractivity contribution in [3.05, 3.63) is 78.2 Å². The molecule has 2 aliphatic rings. The van der Waals surface area contributed by atoms with Gasteiger partial charge in [0.05, 0.1) is 31.5 Å². The van der Waals surface area contributed by atoms with E-state index in [0.29, 0.717) is 25.7 Å². The molecule has 5 rings (SSSR count). The standard InChI is InChI=1S/C34H47FN6O2/c1-34(2,3)31(32-37-30(27-12-8-5-9-13-27)25-40(32)23-26-10-6-4-7-11-26)41(24-28(35)22-36)33(42)39-16-14-29(15-17-39)38-18-20-43-21-19-38/h4-13,25,28-29,31H,14-24,36H2,1-3H3/t28-,31+/m1/s1. The Kier molecular flexibility index (Phi) is 10.2. The van der Waals surface area contributed by atoms with E-state index in [9.17, 15) is 4.79 Å². The molecule has 2 aromatic carbocycles. The number of carbonyl (C=O) groups excluding carboxylic acids is 1. The summed E-state index contributed by atoms with van der Waals surface area (Å²) in [6.45, 7) is 11.3. The number of imidazole rings is 1. The van der Waals surface area contributed by atoms with Crippen LogP contribution in [-0.2, 0) is 11.3 Å². The first-order valence-corrected chi connectivity index (χ1v) is 15.6. The zero-order chi connectivity index (χ0) is 30.4. The Morgan fingerprint density at radius 3 is 2.26 bits per heavy atom. The first-order valence-electron chi connectivity index (χ1n) is 15.6. The van der Waals surface area contributed by atoms with E-state index >= 15 is 4.39 Å². The number of alkyl halides is 1. The molecule has 9 heteroatoms. The van der Waals surface area contributed by atoms with E-state index in [1.54, 1.807) is 4.90 Å². The number of nitrogens with two attached hydrogens (primary N) is 1. The molecular formula is C34H47FN6O2. The van der Waals surface area contributed by atoms with Gasteiger partial charge in [0.25, 0.3) is 0 Å². The predicted octanol–water partition coefficient (Wildman–Crippen LogP) is 5.20. The van der Waals surface area contributed by atoms with Crippen LogP contribution < -0.4 is 5.73 Å². The summed E-state index contributed by atoms with van der Waals surface area (Å²) < 4.78 is 22.9. The van der Waals surface area contributed by atoms with Crippen molar-refractivity contribution in [2.24, 2.45) is 11.1 Å². The number of hydrogen-bond donors (Lipinski definition) is 1. The van der Waals surface area contributed by atoms with Gasteiger partial charge < -0.3 is 24.8 Å². The largest absolute Gasteiger partial charge is 0.379 e. The Balaban J connectivity index is 1.49. The topological polar surface area (TPSA) is 79.9 Å². The quantitative estimate of drug-likeness (QED) is 0.371. The van der Waals surface area contributed by atoms with Gasteiger partial charge in [0.1, 0.15) is 12.0 Å². The molecule has 0 bridgehead atoms. The number of halogens is 1. The molecule has 8 nitrogen and oxygen atoms in total. The molecule has 0 saturated carbocycles. The lowest BCUT2D eigenvalue weighted by atomic mass is 9.84. The van der Waals surface area contributed by atoms with Crippen LogP contribution in [0.1, 0.15) is 51.0 Å². The summed E-state index contributed by atoms with van der Waals surface area (Å²) >= 11 is 0. The molecule has 1 aromatic heterocycles. The van der Waals surface area contributed by atoms with Gasteiger partial charge >= 0.3 is 6.03 Å². The van der Waals surface area contributed by atoms with Gasteiger partial charge in [-0.05, 0) is 23.8 Å². The molecule has 2 amide bonds. The van der Waals surface area contributed by atoms with Crippen molar-refractivity contribution in [2.45, 2.75) is 58.4 Å². The number of hydrogen-bond acceptors (Lipinski definition) is 5. The molecule has 3 heterocycles. The monoisotopic (exact) mass is 590 g/mol. The average molecular weight is 591 g/mol. The number of morpholine rings is 1. The Bertz CT molecular complexity index is 1300. The maximum atomic E-state index is 15.2. The molecule has 232 valence electrons. The summed E-state index contributed by atoms with van der Waals surface area (Å²) in [7, 11) is 0. The van der Waals surface area contributed by atoms with Crippen LogP contribution in [-0.4, -0.2) is 95.0 Å².